The zero-order chi connectivity index (χ0) is 18.7. The van der Waals surface area contributed by atoms with Crippen molar-refractivity contribution in [3.8, 4) is 5.75 Å². The van der Waals surface area contributed by atoms with Gasteiger partial charge in [0.05, 0.1) is 16.3 Å². The molecule has 0 aliphatic heterocycles. The number of nitrogens with one attached hydrogen (secondary N) is 1. The van der Waals surface area contributed by atoms with Gasteiger partial charge in [0.15, 0.2) is 11.6 Å². The van der Waals surface area contributed by atoms with Crippen LogP contribution in [0, 0.1) is 4.77 Å². The van der Waals surface area contributed by atoms with Crippen molar-refractivity contribution in [2.45, 2.75) is 20.0 Å². The summed E-state index contributed by atoms with van der Waals surface area (Å²) >= 11 is 23.2. The Bertz CT molecular complexity index is 986. The molecule has 3 rings (SSSR count). The Hall–Kier alpha value is -1.80. The first kappa shape index (κ1) is 19.0. The topological polar surface area (TPSA) is 68.3 Å². The first-order valence-corrected chi connectivity index (χ1v) is 9.09. The van der Waals surface area contributed by atoms with E-state index in [1.807, 2.05) is 6.92 Å². The highest BCUT2D eigenvalue weighted by atomic mass is 35.5. The summed E-state index contributed by atoms with van der Waals surface area (Å²) in [6, 6.07) is 6.66. The lowest BCUT2D eigenvalue weighted by atomic mass is 10.3. The molecule has 0 amide bonds. The SMILES string of the molecule is CCc1n[nH]c(=S)n1N=Cc1ccc(COc2c(Cl)cc(Cl)cc2Cl)o1. The van der Waals surface area contributed by atoms with Crippen molar-refractivity contribution in [3.05, 3.63) is 61.4 Å². The standard InChI is InChI=1S/C16H13Cl3N4O2S/c1-2-14-21-22-16(26)23(14)20-7-10-3-4-11(25-10)8-24-15-12(18)5-9(17)6-13(15)19/h3-7H,2,8H2,1H3,(H,22,26). The molecule has 0 radical (unpaired) electrons. The Balaban J connectivity index is 1.70. The third-order valence-electron chi connectivity index (χ3n) is 3.34. The van der Waals surface area contributed by atoms with Gasteiger partial charge in [-0.2, -0.15) is 14.9 Å². The zero-order valence-electron chi connectivity index (χ0n) is 13.5. The van der Waals surface area contributed by atoms with Crippen molar-refractivity contribution in [3.63, 3.8) is 0 Å². The summed E-state index contributed by atoms with van der Waals surface area (Å²) in [6.45, 7) is 2.12. The second-order valence-corrected chi connectivity index (χ2v) is 6.78. The average Bonchev–Trinajstić information content (AvgIpc) is 3.18. The predicted molar refractivity (Wildman–Crippen MR) is 104 cm³/mol. The molecule has 0 saturated heterocycles. The fraction of sp³-hybridized carbons (Fsp3) is 0.188. The fourth-order valence-corrected chi connectivity index (χ4v) is 3.26. The molecular weight excluding hydrogens is 419 g/mol. The number of hydrogen-bond acceptors (Lipinski definition) is 5. The number of ether oxygens (including phenoxy) is 1. The molecule has 1 aromatic carbocycles. The molecule has 6 nitrogen and oxygen atoms in total. The van der Waals surface area contributed by atoms with Crippen molar-refractivity contribution in [2.75, 3.05) is 0 Å². The second-order valence-electron chi connectivity index (χ2n) is 5.15. The van der Waals surface area contributed by atoms with E-state index in [0.717, 1.165) is 5.82 Å². The molecule has 0 aliphatic rings. The summed E-state index contributed by atoms with van der Waals surface area (Å²) in [5.41, 5.74) is 0. The van der Waals surface area contributed by atoms with Gasteiger partial charge in [0, 0.05) is 11.4 Å². The third kappa shape index (κ3) is 4.29. The molecule has 0 saturated carbocycles. The van der Waals surface area contributed by atoms with E-state index >= 15 is 0 Å². The molecular formula is C16H13Cl3N4O2S. The number of furan rings is 1. The number of benzene rings is 1. The number of halogens is 3. The van der Waals surface area contributed by atoms with Gasteiger partial charge in [0.25, 0.3) is 0 Å². The zero-order valence-corrected chi connectivity index (χ0v) is 16.6. The van der Waals surface area contributed by atoms with E-state index in [4.69, 9.17) is 56.2 Å². The summed E-state index contributed by atoms with van der Waals surface area (Å²) in [7, 11) is 0. The van der Waals surface area contributed by atoms with Crippen molar-refractivity contribution < 1.29 is 9.15 Å². The maximum atomic E-state index is 6.09. The minimum Gasteiger partial charge on any atom is -0.483 e. The van der Waals surface area contributed by atoms with Crippen LogP contribution < -0.4 is 4.74 Å². The van der Waals surface area contributed by atoms with Crippen LogP contribution >= 0.6 is 47.0 Å². The van der Waals surface area contributed by atoms with E-state index in [9.17, 15) is 0 Å². The maximum Gasteiger partial charge on any atom is 0.216 e. The Kier molecular flexibility index (Phi) is 6.03. The average molecular weight is 432 g/mol. The van der Waals surface area contributed by atoms with E-state index in [-0.39, 0.29) is 6.61 Å². The van der Waals surface area contributed by atoms with Crippen LogP contribution in [-0.4, -0.2) is 21.1 Å². The summed E-state index contributed by atoms with van der Waals surface area (Å²) < 4.78 is 13.2. The Labute approximate surface area is 169 Å². The molecule has 26 heavy (non-hydrogen) atoms. The van der Waals surface area contributed by atoms with Crippen LogP contribution in [0.25, 0.3) is 0 Å². The highest BCUT2D eigenvalue weighted by molar-refractivity contribution is 7.71. The Morgan fingerprint density at radius 3 is 2.73 bits per heavy atom. The number of nitrogens with zero attached hydrogens (tertiary/aromatic N) is 3. The van der Waals surface area contributed by atoms with Gasteiger partial charge in [-0.1, -0.05) is 41.7 Å². The highest BCUT2D eigenvalue weighted by Crippen LogP contribution is 2.36. The fourth-order valence-electron chi connectivity index (χ4n) is 2.14. The lowest BCUT2D eigenvalue weighted by molar-refractivity contribution is 0.270. The smallest absolute Gasteiger partial charge is 0.216 e. The number of aromatic amines is 1. The highest BCUT2D eigenvalue weighted by Gasteiger charge is 2.11. The van der Waals surface area contributed by atoms with E-state index in [2.05, 4.69) is 15.3 Å². The Morgan fingerprint density at radius 1 is 1.31 bits per heavy atom. The van der Waals surface area contributed by atoms with Gasteiger partial charge in [-0.3, -0.25) is 5.10 Å². The number of hydrogen-bond donors (Lipinski definition) is 1. The molecule has 2 aromatic heterocycles. The maximum absolute atomic E-state index is 6.09. The minimum absolute atomic E-state index is 0.153. The second kappa shape index (κ2) is 8.26. The van der Waals surface area contributed by atoms with Crippen molar-refractivity contribution in [2.24, 2.45) is 5.10 Å². The minimum atomic E-state index is 0.153. The van der Waals surface area contributed by atoms with Crippen LogP contribution in [0.2, 0.25) is 15.1 Å². The van der Waals surface area contributed by atoms with Gasteiger partial charge in [-0.15, -0.1) is 0 Å². The summed E-state index contributed by atoms with van der Waals surface area (Å²) in [5, 5.41) is 12.2. The first-order chi connectivity index (χ1) is 12.5. The van der Waals surface area contributed by atoms with E-state index in [1.165, 1.54) is 0 Å². The summed E-state index contributed by atoms with van der Waals surface area (Å²) in [5.74, 6) is 2.21. The van der Waals surface area contributed by atoms with E-state index in [1.54, 1.807) is 35.2 Å². The molecule has 0 fully saturated rings. The third-order valence-corrected chi connectivity index (χ3v) is 4.38. The quantitative estimate of drug-likeness (QED) is 0.412. The monoisotopic (exact) mass is 430 g/mol. The van der Waals surface area contributed by atoms with Gasteiger partial charge < -0.3 is 9.15 Å². The number of H-pyrrole nitrogens is 1. The normalized spacial score (nSPS) is 11.4. The van der Waals surface area contributed by atoms with Crippen LogP contribution in [0.4, 0.5) is 0 Å². The molecule has 3 aromatic rings. The summed E-state index contributed by atoms with van der Waals surface area (Å²) in [4.78, 5) is 0. The molecule has 0 aliphatic carbocycles. The van der Waals surface area contributed by atoms with Gasteiger partial charge in [-0.25, -0.2) is 0 Å². The Morgan fingerprint density at radius 2 is 2.04 bits per heavy atom. The lowest BCUT2D eigenvalue weighted by Crippen LogP contribution is -1.97. The van der Waals surface area contributed by atoms with Crippen molar-refractivity contribution in [1.82, 2.24) is 14.9 Å². The predicted octanol–water partition coefficient (Wildman–Crippen LogP) is 5.52. The largest absolute Gasteiger partial charge is 0.483 e. The van der Waals surface area contributed by atoms with Gasteiger partial charge in [-0.05, 0) is 36.5 Å². The lowest BCUT2D eigenvalue weighted by Gasteiger charge is -2.08. The van der Waals surface area contributed by atoms with Crippen molar-refractivity contribution >= 4 is 53.2 Å². The van der Waals surface area contributed by atoms with Crippen molar-refractivity contribution in [1.29, 1.82) is 0 Å². The molecule has 0 spiro atoms. The molecule has 0 unspecified atom stereocenters. The molecule has 136 valence electrons. The van der Waals surface area contributed by atoms with Crippen LogP contribution in [0.5, 0.6) is 5.75 Å². The van der Waals surface area contributed by atoms with Gasteiger partial charge >= 0.3 is 0 Å². The van der Waals surface area contributed by atoms with Crippen LogP contribution in [-0.2, 0) is 13.0 Å². The first-order valence-electron chi connectivity index (χ1n) is 7.54. The van der Waals surface area contributed by atoms with E-state index in [0.29, 0.717) is 43.5 Å². The molecule has 10 heteroatoms. The van der Waals surface area contributed by atoms with E-state index < -0.39 is 0 Å². The van der Waals surface area contributed by atoms with Crippen LogP contribution in [0.1, 0.15) is 24.3 Å². The number of aryl methyl sites for hydroxylation is 1. The van der Waals surface area contributed by atoms with Crippen LogP contribution in [0.3, 0.4) is 0 Å². The molecule has 1 N–H and O–H groups in total. The number of rotatable bonds is 6. The molecule has 0 atom stereocenters. The number of aromatic nitrogens is 3. The molecule has 2 heterocycles. The van der Waals surface area contributed by atoms with Gasteiger partial charge in [0.1, 0.15) is 18.1 Å². The van der Waals surface area contributed by atoms with Crippen LogP contribution in [0.15, 0.2) is 33.8 Å². The molecule has 0 bridgehead atoms. The van der Waals surface area contributed by atoms with Gasteiger partial charge in [0.2, 0.25) is 4.77 Å². The summed E-state index contributed by atoms with van der Waals surface area (Å²) in [6.07, 6.45) is 2.25.